The minimum absolute atomic E-state index is 0.0180. The van der Waals surface area contributed by atoms with E-state index in [-0.39, 0.29) is 22.3 Å². The molecule has 2 bridgehead atoms. The third-order valence-electron chi connectivity index (χ3n) is 13.5. The Bertz CT molecular complexity index is 2320. The first-order valence-corrected chi connectivity index (χ1v) is 20.6. The second-order valence-electron chi connectivity index (χ2n) is 17.5. The average Bonchev–Trinajstić information content (AvgIpc) is 3.24. The number of benzene rings is 3. The van der Waals surface area contributed by atoms with Crippen LogP contribution >= 0.6 is 0 Å². The summed E-state index contributed by atoms with van der Waals surface area (Å²) in [6, 6.07) is 22.6. The fourth-order valence-electron chi connectivity index (χ4n) is 10.3. The van der Waals surface area contributed by atoms with Gasteiger partial charge >= 0.3 is 23.9 Å². The molecule has 3 aromatic carbocycles. The van der Waals surface area contributed by atoms with Gasteiger partial charge < -0.3 is 49.4 Å². The van der Waals surface area contributed by atoms with Crippen molar-refractivity contribution in [1.29, 1.82) is 0 Å². The van der Waals surface area contributed by atoms with Gasteiger partial charge in [-0.1, -0.05) is 80.6 Å². The van der Waals surface area contributed by atoms with Crippen molar-refractivity contribution in [2.24, 2.45) is 16.7 Å². The molecule has 0 aromatic heterocycles. The molecule has 0 spiro atoms. The minimum Gasteiger partial charge on any atom is -0.456 e. The number of amides is 1. The van der Waals surface area contributed by atoms with Gasteiger partial charge in [0.2, 0.25) is 0 Å². The van der Waals surface area contributed by atoms with Crippen LogP contribution in [0.2, 0.25) is 0 Å². The summed E-state index contributed by atoms with van der Waals surface area (Å²) in [5.41, 5.74) is -7.98. The Balaban J connectivity index is 1.40. The maximum absolute atomic E-state index is 15.5. The van der Waals surface area contributed by atoms with E-state index in [1.807, 2.05) is 0 Å². The average molecular weight is 870 g/mol. The van der Waals surface area contributed by atoms with E-state index in [1.54, 1.807) is 78.9 Å². The van der Waals surface area contributed by atoms with E-state index in [4.69, 9.17) is 23.7 Å². The summed E-state index contributed by atoms with van der Waals surface area (Å²) in [6.07, 6.45) is -13.5. The molecule has 16 nitrogen and oxygen atoms in total. The third kappa shape index (κ3) is 7.42. The fraction of sp³-hybridized carbons (Fsp3) is 0.447. The van der Waals surface area contributed by atoms with Crippen molar-refractivity contribution in [2.75, 3.05) is 6.61 Å². The molecule has 0 unspecified atom stereocenters. The molecule has 4 aliphatic rings. The van der Waals surface area contributed by atoms with Gasteiger partial charge in [0, 0.05) is 31.2 Å². The van der Waals surface area contributed by atoms with Crippen LogP contribution in [0.1, 0.15) is 80.3 Å². The number of nitrogens with one attached hydrogen (secondary N) is 1. The lowest BCUT2D eigenvalue weighted by atomic mass is 9.44. The van der Waals surface area contributed by atoms with Crippen LogP contribution in [0.15, 0.2) is 102 Å². The molecule has 5 N–H and O–H groups in total. The molecule has 63 heavy (non-hydrogen) atoms. The topological polar surface area (TPSA) is 242 Å². The Morgan fingerprint density at radius 3 is 1.92 bits per heavy atom. The largest absolute Gasteiger partial charge is 0.456 e. The van der Waals surface area contributed by atoms with Gasteiger partial charge in [0.1, 0.15) is 30.0 Å². The smallest absolute Gasteiger partial charge is 0.338 e. The molecule has 3 aliphatic carbocycles. The summed E-state index contributed by atoms with van der Waals surface area (Å²) < 4.78 is 29.9. The molecule has 7 rings (SSSR count). The van der Waals surface area contributed by atoms with E-state index in [0.29, 0.717) is 5.56 Å². The van der Waals surface area contributed by atoms with Gasteiger partial charge in [0.25, 0.3) is 5.91 Å². The van der Waals surface area contributed by atoms with Crippen LogP contribution in [0.4, 0.5) is 0 Å². The lowest BCUT2D eigenvalue weighted by Crippen LogP contribution is -2.85. The van der Waals surface area contributed by atoms with Crippen LogP contribution < -0.4 is 5.32 Å². The van der Waals surface area contributed by atoms with Crippen molar-refractivity contribution in [3.8, 4) is 0 Å². The van der Waals surface area contributed by atoms with Crippen molar-refractivity contribution in [3.63, 3.8) is 0 Å². The first-order valence-electron chi connectivity index (χ1n) is 20.6. The molecule has 1 saturated heterocycles. The lowest BCUT2D eigenvalue weighted by Gasteiger charge is -2.68. The van der Waals surface area contributed by atoms with E-state index < -0.39 is 125 Å². The molecular formula is C47H51NO15. The number of aliphatic hydroxyl groups is 4. The highest BCUT2D eigenvalue weighted by Crippen LogP contribution is 2.64. The Labute approximate surface area is 363 Å². The van der Waals surface area contributed by atoms with Crippen LogP contribution in [0, 0.1) is 16.7 Å². The van der Waals surface area contributed by atoms with Crippen LogP contribution in [-0.4, -0.2) is 117 Å². The number of ether oxygens (including phenoxy) is 5. The number of ketones is 1. The molecule has 3 aromatic rings. The summed E-state index contributed by atoms with van der Waals surface area (Å²) >= 11 is 0. The van der Waals surface area contributed by atoms with Crippen molar-refractivity contribution < 1.29 is 72.9 Å². The first-order chi connectivity index (χ1) is 29.7. The summed E-state index contributed by atoms with van der Waals surface area (Å²) in [6.45, 7) is 7.39. The van der Waals surface area contributed by atoms with Crippen LogP contribution in [0.25, 0.3) is 0 Å². The lowest BCUT2D eigenvalue weighted by molar-refractivity contribution is -0.369. The van der Waals surface area contributed by atoms with Gasteiger partial charge in [-0.25, -0.2) is 9.59 Å². The second kappa shape index (κ2) is 16.7. The van der Waals surface area contributed by atoms with Crippen molar-refractivity contribution >= 4 is 35.6 Å². The van der Waals surface area contributed by atoms with E-state index in [1.165, 1.54) is 39.8 Å². The molecule has 16 heteroatoms. The van der Waals surface area contributed by atoms with E-state index in [9.17, 15) is 44.4 Å². The van der Waals surface area contributed by atoms with Crippen LogP contribution in [-0.2, 0) is 42.9 Å². The Morgan fingerprint density at radius 1 is 0.810 bits per heavy atom. The number of aliphatic hydroxyl groups excluding tert-OH is 3. The first kappa shape index (κ1) is 45.3. The highest BCUT2D eigenvalue weighted by Gasteiger charge is 2.80. The zero-order valence-corrected chi connectivity index (χ0v) is 35.6. The maximum Gasteiger partial charge on any atom is 0.338 e. The van der Waals surface area contributed by atoms with Gasteiger partial charge in [-0.2, -0.15) is 0 Å². The van der Waals surface area contributed by atoms with Crippen molar-refractivity contribution in [1.82, 2.24) is 5.32 Å². The summed E-state index contributed by atoms with van der Waals surface area (Å²) in [5, 5.41) is 51.8. The SMILES string of the molecule is CC(=O)O[C@H]1C(=O)[C@]2(C)[C@@H](O)[C@H](O)[C@H]3OC[C@@]3(OC(C)=O)[C@@H]2[C@H](OC(=O)c2ccccc2)[C@]2(O)C[C@H](OC(=O)[C@H](O)[C@@H](NC(=O)c3ccccc3)c3ccccc3)C(C)=C1C2(C)C. The van der Waals surface area contributed by atoms with Crippen LogP contribution in [0.3, 0.4) is 0 Å². The van der Waals surface area contributed by atoms with E-state index in [2.05, 4.69) is 5.32 Å². The Morgan fingerprint density at radius 2 is 1.38 bits per heavy atom. The molecule has 1 heterocycles. The highest BCUT2D eigenvalue weighted by atomic mass is 16.6. The number of Topliss-reactive ketones (excluding diaryl/α,β-unsaturated/α-hetero) is 1. The third-order valence-corrected chi connectivity index (χ3v) is 13.5. The zero-order chi connectivity index (χ0) is 45.8. The fourth-order valence-corrected chi connectivity index (χ4v) is 10.3. The standard InChI is InChI=1S/C47H51NO15/c1-24-30(61-43(57)33(51)32(27-16-10-7-11-17-27)48-41(55)28-18-12-8-13-19-28)22-47(58)40(62-42(56)29-20-14-9-15-21-29)36-45(6,38(54)35(60-25(2)49)31(24)44(47,4)5)37(53)34(52)39-46(36,23-59-39)63-26(3)50/h7-21,30,32-37,39-40,51-53,58H,22-23H2,1-6H3,(H,48,55)/t30-,32-,33+,34-,35+,36+,37-,39+,40-,45-,46+,47+/m0/s1. The molecule has 1 amide bonds. The number of hydrogen-bond acceptors (Lipinski definition) is 15. The Hall–Kier alpha value is -5.78. The van der Waals surface area contributed by atoms with Crippen molar-refractivity contribution in [3.05, 3.63) is 119 Å². The number of esters is 4. The van der Waals surface area contributed by atoms with E-state index in [0.717, 1.165) is 13.8 Å². The second-order valence-corrected chi connectivity index (χ2v) is 17.5. The van der Waals surface area contributed by atoms with Crippen molar-refractivity contribution in [2.45, 2.75) is 108 Å². The van der Waals surface area contributed by atoms with Gasteiger partial charge in [-0.15, -0.1) is 0 Å². The van der Waals surface area contributed by atoms with Gasteiger partial charge in [-0.3, -0.25) is 19.2 Å². The molecule has 2 saturated carbocycles. The maximum atomic E-state index is 15.5. The predicted octanol–water partition coefficient (Wildman–Crippen LogP) is 2.71. The van der Waals surface area contributed by atoms with Crippen LogP contribution in [0.5, 0.6) is 0 Å². The van der Waals surface area contributed by atoms with E-state index >= 15 is 4.79 Å². The molecule has 3 fully saturated rings. The molecule has 0 radical (unpaired) electrons. The number of carbonyl (C=O) groups is 6. The predicted molar refractivity (Wildman–Crippen MR) is 219 cm³/mol. The molecular weight excluding hydrogens is 819 g/mol. The monoisotopic (exact) mass is 869 g/mol. The highest BCUT2D eigenvalue weighted by molar-refractivity contribution is 5.96. The zero-order valence-electron chi connectivity index (χ0n) is 35.6. The van der Waals surface area contributed by atoms with Gasteiger partial charge in [0.05, 0.1) is 35.6 Å². The quantitative estimate of drug-likeness (QED) is 0.112. The normalized spacial score (nSPS) is 32.7. The van der Waals surface area contributed by atoms with Gasteiger partial charge in [-0.05, 0) is 54.8 Å². The molecule has 1 aliphatic heterocycles. The number of fused-ring (bicyclic) bond motifs is 5. The number of carbonyl (C=O) groups excluding carboxylic acids is 6. The van der Waals surface area contributed by atoms with Gasteiger partial charge in [0.15, 0.2) is 23.6 Å². The summed E-state index contributed by atoms with van der Waals surface area (Å²) in [4.78, 5) is 83.6. The number of rotatable bonds is 10. The summed E-state index contributed by atoms with van der Waals surface area (Å²) in [5.74, 6) is -7.48. The molecule has 12 atom stereocenters. The summed E-state index contributed by atoms with van der Waals surface area (Å²) in [7, 11) is 0. The minimum atomic E-state index is -2.48. The molecule has 334 valence electrons. The number of hydrogen-bond donors (Lipinski definition) is 5. The Kier molecular flexibility index (Phi) is 12.0.